The topological polar surface area (TPSA) is 86.7 Å². The van der Waals surface area contributed by atoms with Crippen LogP contribution in [0.1, 0.15) is 0 Å². The quantitative estimate of drug-likeness (QED) is 0.161. The van der Waals surface area contributed by atoms with E-state index < -0.39 is 0 Å². The predicted octanol–water partition coefficient (Wildman–Crippen LogP) is 10.8. The third kappa shape index (κ3) is 5.52. The molecule has 3 aromatic heterocycles. The van der Waals surface area contributed by atoms with Crippen LogP contribution >= 0.6 is 0 Å². The van der Waals surface area contributed by atoms with Gasteiger partial charge < -0.3 is 4.42 Å². The Labute approximate surface area is 309 Å². The van der Waals surface area contributed by atoms with Gasteiger partial charge in [-0.1, -0.05) is 121 Å². The fourth-order valence-corrected chi connectivity index (χ4v) is 7.00. The number of hydrogen-bond donors (Lipinski definition) is 0. The molecule has 7 heteroatoms. The molecule has 254 valence electrons. The number of fused-ring (bicyclic) bond motifs is 3. The molecule has 0 N–H and O–H groups in total. The van der Waals surface area contributed by atoms with Crippen molar-refractivity contribution < 1.29 is 4.42 Å². The number of aromatic nitrogens is 5. The van der Waals surface area contributed by atoms with E-state index in [1.807, 2.05) is 133 Å². The lowest BCUT2D eigenvalue weighted by Gasteiger charge is -2.11. The van der Waals surface area contributed by atoms with Gasteiger partial charge in [0.2, 0.25) is 5.43 Å². The SMILES string of the molecule is O=c1c2ccccc2oc2cc(-c3cccc(-c4nc(-c5ccccc5)nc(-c5ccc(-c6nc7ccccc7n6-c6ccccc6)cc5)n4)c3)ccc12. The van der Waals surface area contributed by atoms with Crippen molar-refractivity contribution >= 4 is 33.0 Å². The smallest absolute Gasteiger partial charge is 0.200 e. The normalized spacial score (nSPS) is 11.4. The first-order valence-electron chi connectivity index (χ1n) is 17.7. The molecule has 0 saturated heterocycles. The maximum Gasteiger partial charge on any atom is 0.200 e. The van der Waals surface area contributed by atoms with Crippen LogP contribution in [0.2, 0.25) is 0 Å². The van der Waals surface area contributed by atoms with Gasteiger partial charge in [0.1, 0.15) is 17.0 Å². The highest BCUT2D eigenvalue weighted by molar-refractivity contribution is 5.92. The zero-order valence-corrected chi connectivity index (χ0v) is 28.8. The van der Waals surface area contributed by atoms with Gasteiger partial charge in [-0.05, 0) is 65.7 Å². The Hall–Kier alpha value is -7.51. The monoisotopic (exact) mass is 695 g/mol. The second kappa shape index (κ2) is 12.9. The van der Waals surface area contributed by atoms with E-state index in [1.54, 1.807) is 6.07 Å². The Kier molecular flexibility index (Phi) is 7.47. The lowest BCUT2D eigenvalue weighted by atomic mass is 10.0. The van der Waals surface area contributed by atoms with E-state index in [0.717, 1.165) is 55.9 Å². The third-order valence-electron chi connectivity index (χ3n) is 9.68. The van der Waals surface area contributed by atoms with Crippen LogP contribution in [-0.4, -0.2) is 24.5 Å². The summed E-state index contributed by atoms with van der Waals surface area (Å²) in [6, 6.07) is 57.8. The molecule has 0 radical (unpaired) electrons. The first-order chi connectivity index (χ1) is 26.7. The molecule has 54 heavy (non-hydrogen) atoms. The molecule has 0 fully saturated rings. The Bertz CT molecular complexity index is 3060. The van der Waals surface area contributed by atoms with E-state index in [4.69, 9.17) is 24.4 Å². The summed E-state index contributed by atoms with van der Waals surface area (Å²) in [4.78, 5) is 33.2. The van der Waals surface area contributed by atoms with Crippen molar-refractivity contribution in [1.29, 1.82) is 0 Å². The van der Waals surface area contributed by atoms with Gasteiger partial charge in [-0.3, -0.25) is 9.36 Å². The highest BCUT2D eigenvalue weighted by Gasteiger charge is 2.17. The number of benzene rings is 7. The molecule has 0 unspecified atom stereocenters. The van der Waals surface area contributed by atoms with Crippen molar-refractivity contribution in [2.24, 2.45) is 0 Å². The molecule has 7 aromatic carbocycles. The summed E-state index contributed by atoms with van der Waals surface area (Å²) >= 11 is 0. The number of para-hydroxylation sites is 4. The molecule has 0 aliphatic rings. The maximum absolute atomic E-state index is 13.2. The Morgan fingerprint density at radius 2 is 0.963 bits per heavy atom. The van der Waals surface area contributed by atoms with Gasteiger partial charge >= 0.3 is 0 Å². The average molecular weight is 696 g/mol. The van der Waals surface area contributed by atoms with Crippen molar-refractivity contribution in [3.63, 3.8) is 0 Å². The standard InChI is InChI=1S/C47H29N5O2/c53-43-37-18-7-10-21-41(37)54-42-29-34(26-27-38(42)43)33-14-11-15-35(28-33)46-50-44(30-12-3-1-4-13-30)49-45(51-46)31-22-24-32(25-23-31)47-48-39-19-8-9-20-40(39)52(47)36-16-5-2-6-17-36/h1-29H. The third-order valence-corrected chi connectivity index (χ3v) is 9.68. The van der Waals surface area contributed by atoms with E-state index in [1.165, 1.54) is 0 Å². The predicted molar refractivity (Wildman–Crippen MR) is 215 cm³/mol. The molecule has 7 nitrogen and oxygen atoms in total. The Balaban J connectivity index is 1.06. The van der Waals surface area contributed by atoms with Crippen LogP contribution in [0.25, 0.3) is 95.3 Å². The number of imidazole rings is 1. The molecule has 0 aliphatic carbocycles. The molecule has 10 aromatic rings. The van der Waals surface area contributed by atoms with Gasteiger partial charge in [0.25, 0.3) is 0 Å². The van der Waals surface area contributed by atoms with Gasteiger partial charge in [-0.2, -0.15) is 0 Å². The zero-order valence-electron chi connectivity index (χ0n) is 28.8. The molecular formula is C47H29N5O2. The van der Waals surface area contributed by atoms with Gasteiger partial charge in [0.15, 0.2) is 17.5 Å². The Morgan fingerprint density at radius 3 is 1.76 bits per heavy atom. The molecule has 0 saturated carbocycles. The minimum absolute atomic E-state index is 0.0406. The van der Waals surface area contributed by atoms with Crippen LogP contribution in [0, 0.1) is 0 Å². The van der Waals surface area contributed by atoms with Crippen LogP contribution in [0.4, 0.5) is 0 Å². The summed E-state index contributed by atoms with van der Waals surface area (Å²) in [6.45, 7) is 0. The average Bonchev–Trinajstić information content (AvgIpc) is 3.64. The second-order valence-corrected chi connectivity index (χ2v) is 13.1. The molecule has 0 bridgehead atoms. The van der Waals surface area contributed by atoms with E-state index >= 15 is 0 Å². The van der Waals surface area contributed by atoms with Gasteiger partial charge in [0.05, 0.1) is 21.8 Å². The lowest BCUT2D eigenvalue weighted by Crippen LogP contribution is -2.02. The molecular weight excluding hydrogens is 667 g/mol. The minimum Gasteiger partial charge on any atom is -0.456 e. The van der Waals surface area contributed by atoms with Crippen LogP contribution < -0.4 is 5.43 Å². The van der Waals surface area contributed by atoms with Crippen molar-refractivity contribution in [2.45, 2.75) is 0 Å². The summed E-state index contributed by atoms with van der Waals surface area (Å²) in [6.07, 6.45) is 0. The van der Waals surface area contributed by atoms with E-state index in [9.17, 15) is 4.79 Å². The fraction of sp³-hybridized carbons (Fsp3) is 0. The molecule has 0 amide bonds. The molecule has 0 aliphatic heterocycles. The second-order valence-electron chi connectivity index (χ2n) is 13.1. The highest BCUT2D eigenvalue weighted by atomic mass is 16.3. The summed E-state index contributed by atoms with van der Waals surface area (Å²) in [5.74, 6) is 2.55. The summed E-state index contributed by atoms with van der Waals surface area (Å²) < 4.78 is 8.37. The molecule has 0 spiro atoms. The van der Waals surface area contributed by atoms with Gasteiger partial charge in [-0.25, -0.2) is 19.9 Å². The molecule has 3 heterocycles. The number of nitrogens with zero attached hydrogens (tertiary/aromatic N) is 5. The number of hydrogen-bond acceptors (Lipinski definition) is 6. The van der Waals surface area contributed by atoms with Crippen LogP contribution in [0.3, 0.4) is 0 Å². The fourth-order valence-electron chi connectivity index (χ4n) is 7.00. The van der Waals surface area contributed by atoms with E-state index in [0.29, 0.717) is 39.4 Å². The maximum atomic E-state index is 13.2. The molecule has 0 atom stereocenters. The van der Waals surface area contributed by atoms with Crippen LogP contribution in [-0.2, 0) is 0 Å². The summed E-state index contributed by atoms with van der Waals surface area (Å²) in [5.41, 5.74) is 9.50. The first-order valence-corrected chi connectivity index (χ1v) is 17.7. The van der Waals surface area contributed by atoms with E-state index in [2.05, 4.69) is 41.0 Å². The van der Waals surface area contributed by atoms with Crippen LogP contribution in [0.15, 0.2) is 185 Å². The van der Waals surface area contributed by atoms with Crippen molar-refractivity contribution in [1.82, 2.24) is 24.5 Å². The zero-order chi connectivity index (χ0) is 36.0. The van der Waals surface area contributed by atoms with Gasteiger partial charge in [-0.15, -0.1) is 0 Å². The minimum atomic E-state index is -0.0406. The first kappa shape index (κ1) is 31.2. The highest BCUT2D eigenvalue weighted by Crippen LogP contribution is 2.33. The molecule has 10 rings (SSSR count). The van der Waals surface area contributed by atoms with Crippen molar-refractivity contribution in [2.75, 3.05) is 0 Å². The van der Waals surface area contributed by atoms with Crippen molar-refractivity contribution in [3.8, 4) is 62.4 Å². The van der Waals surface area contributed by atoms with Crippen molar-refractivity contribution in [3.05, 3.63) is 186 Å². The summed E-state index contributed by atoms with van der Waals surface area (Å²) in [7, 11) is 0. The Morgan fingerprint density at radius 1 is 0.407 bits per heavy atom. The summed E-state index contributed by atoms with van der Waals surface area (Å²) in [5, 5.41) is 1.12. The van der Waals surface area contributed by atoms with E-state index in [-0.39, 0.29) is 5.43 Å². The van der Waals surface area contributed by atoms with Crippen LogP contribution in [0.5, 0.6) is 0 Å². The van der Waals surface area contributed by atoms with Gasteiger partial charge in [0, 0.05) is 27.9 Å². The number of rotatable bonds is 6. The largest absolute Gasteiger partial charge is 0.456 e. The lowest BCUT2D eigenvalue weighted by molar-refractivity contribution is 0.660.